The molecular weight excluding hydrogens is 316 g/mol. The summed E-state index contributed by atoms with van der Waals surface area (Å²) >= 11 is 0. The molecule has 2 unspecified atom stereocenters. The van der Waals surface area contributed by atoms with Crippen molar-refractivity contribution in [1.29, 1.82) is 0 Å². The van der Waals surface area contributed by atoms with Crippen LogP contribution in [0.2, 0.25) is 0 Å². The summed E-state index contributed by atoms with van der Waals surface area (Å²) in [5, 5.41) is 12.2. The molecule has 4 atom stereocenters. The van der Waals surface area contributed by atoms with Crippen molar-refractivity contribution in [1.82, 2.24) is 5.32 Å². The molecule has 1 aromatic rings. The number of rotatable bonds is 4. The molecule has 4 nitrogen and oxygen atoms in total. The van der Waals surface area contributed by atoms with Crippen molar-refractivity contribution in [3.05, 3.63) is 35.4 Å². The van der Waals surface area contributed by atoms with E-state index < -0.39 is 23.5 Å². The maximum atomic E-state index is 13.8. The number of hydrogen-bond donors (Lipinski definition) is 2. The van der Waals surface area contributed by atoms with Crippen LogP contribution in [0.4, 0.5) is 8.78 Å². The Bertz CT molecular complexity index is 649. The van der Waals surface area contributed by atoms with Crippen molar-refractivity contribution >= 4 is 11.9 Å². The first-order valence-electron chi connectivity index (χ1n) is 8.45. The molecule has 0 saturated heterocycles. The number of carboxylic acids is 1. The van der Waals surface area contributed by atoms with Gasteiger partial charge in [0.05, 0.1) is 5.92 Å². The number of carbonyl (C=O) groups excluding carboxylic acids is 1. The van der Waals surface area contributed by atoms with Crippen molar-refractivity contribution in [3.63, 3.8) is 0 Å². The second-order valence-electron chi connectivity index (χ2n) is 6.81. The first kappa shape index (κ1) is 16.9. The maximum absolute atomic E-state index is 13.8. The Labute approximate surface area is 139 Å². The van der Waals surface area contributed by atoms with Crippen molar-refractivity contribution in [2.24, 2.45) is 11.8 Å². The first-order valence-corrected chi connectivity index (χ1v) is 8.45. The quantitative estimate of drug-likeness (QED) is 0.829. The zero-order valence-electron chi connectivity index (χ0n) is 13.3. The SMILES string of the molecule is O=C(N[C@H]1CCCCC[C@H]1C(=O)O)C1CC1c1ccc(F)cc1F. The zero-order chi connectivity index (χ0) is 17.3. The number of aliphatic carboxylic acids is 1. The van der Waals surface area contributed by atoms with Crippen LogP contribution in [0.15, 0.2) is 18.2 Å². The molecule has 2 aliphatic rings. The number of carbonyl (C=O) groups is 2. The Kier molecular flexibility index (Phi) is 4.83. The number of benzene rings is 1. The van der Waals surface area contributed by atoms with Gasteiger partial charge in [-0.15, -0.1) is 0 Å². The number of nitrogens with one attached hydrogen (secondary N) is 1. The monoisotopic (exact) mass is 337 g/mol. The van der Waals surface area contributed by atoms with E-state index in [0.29, 0.717) is 24.8 Å². The second kappa shape index (κ2) is 6.87. The van der Waals surface area contributed by atoms with E-state index in [4.69, 9.17) is 0 Å². The minimum atomic E-state index is -0.876. The minimum Gasteiger partial charge on any atom is -0.481 e. The van der Waals surface area contributed by atoms with E-state index in [-0.39, 0.29) is 23.8 Å². The molecule has 1 amide bonds. The van der Waals surface area contributed by atoms with E-state index in [2.05, 4.69) is 5.32 Å². The van der Waals surface area contributed by atoms with Gasteiger partial charge in [-0.2, -0.15) is 0 Å². The van der Waals surface area contributed by atoms with Gasteiger partial charge >= 0.3 is 5.97 Å². The molecular formula is C18H21F2NO3. The molecule has 0 spiro atoms. The summed E-state index contributed by atoms with van der Waals surface area (Å²) < 4.78 is 26.8. The highest BCUT2D eigenvalue weighted by Gasteiger charge is 2.46. The summed E-state index contributed by atoms with van der Waals surface area (Å²) in [7, 11) is 0. The maximum Gasteiger partial charge on any atom is 0.308 e. The Morgan fingerprint density at radius 3 is 2.54 bits per heavy atom. The van der Waals surface area contributed by atoms with E-state index in [1.165, 1.54) is 12.1 Å². The Balaban J connectivity index is 1.64. The summed E-state index contributed by atoms with van der Waals surface area (Å²) in [4.78, 5) is 23.8. The van der Waals surface area contributed by atoms with Crippen LogP contribution < -0.4 is 5.32 Å². The zero-order valence-corrected chi connectivity index (χ0v) is 13.3. The molecule has 2 saturated carbocycles. The van der Waals surface area contributed by atoms with Gasteiger partial charge in [-0.05, 0) is 36.8 Å². The van der Waals surface area contributed by atoms with E-state index in [9.17, 15) is 23.5 Å². The van der Waals surface area contributed by atoms with Crippen LogP contribution in [0.25, 0.3) is 0 Å². The minimum absolute atomic E-state index is 0.220. The number of halogens is 2. The van der Waals surface area contributed by atoms with Crippen molar-refractivity contribution in [2.75, 3.05) is 0 Å². The fraction of sp³-hybridized carbons (Fsp3) is 0.556. The largest absolute Gasteiger partial charge is 0.481 e. The van der Waals surface area contributed by atoms with Crippen LogP contribution in [0.3, 0.4) is 0 Å². The molecule has 0 aliphatic heterocycles. The van der Waals surface area contributed by atoms with Crippen LogP contribution in [0.5, 0.6) is 0 Å². The molecule has 0 heterocycles. The molecule has 1 aromatic carbocycles. The first-order chi connectivity index (χ1) is 11.5. The van der Waals surface area contributed by atoms with Gasteiger partial charge in [0.1, 0.15) is 11.6 Å². The summed E-state index contributed by atoms with van der Waals surface area (Å²) in [5.74, 6) is -3.53. The molecule has 0 bridgehead atoms. The Morgan fingerprint density at radius 2 is 1.83 bits per heavy atom. The molecule has 2 fully saturated rings. The molecule has 3 rings (SSSR count). The third-order valence-corrected chi connectivity index (χ3v) is 5.15. The van der Waals surface area contributed by atoms with Crippen LogP contribution in [-0.2, 0) is 9.59 Å². The summed E-state index contributed by atoms with van der Waals surface area (Å²) in [6, 6.07) is 3.04. The fourth-order valence-electron chi connectivity index (χ4n) is 3.70. The van der Waals surface area contributed by atoms with Crippen molar-refractivity contribution in [2.45, 2.75) is 50.5 Å². The smallest absolute Gasteiger partial charge is 0.308 e. The van der Waals surface area contributed by atoms with Crippen LogP contribution >= 0.6 is 0 Å². The number of amides is 1. The van der Waals surface area contributed by atoms with Crippen LogP contribution in [0, 0.1) is 23.5 Å². The van der Waals surface area contributed by atoms with Gasteiger partial charge in [0.2, 0.25) is 5.91 Å². The fourth-order valence-corrected chi connectivity index (χ4v) is 3.70. The topological polar surface area (TPSA) is 66.4 Å². The van der Waals surface area contributed by atoms with E-state index in [1.807, 2.05) is 0 Å². The van der Waals surface area contributed by atoms with E-state index in [0.717, 1.165) is 25.3 Å². The predicted molar refractivity (Wildman–Crippen MR) is 83.3 cm³/mol. The lowest BCUT2D eigenvalue weighted by atomic mass is 9.94. The van der Waals surface area contributed by atoms with Crippen LogP contribution in [0.1, 0.15) is 50.0 Å². The summed E-state index contributed by atoms with van der Waals surface area (Å²) in [5.41, 5.74) is 0.354. The summed E-state index contributed by atoms with van der Waals surface area (Å²) in [6.07, 6.45) is 4.47. The van der Waals surface area contributed by atoms with Crippen molar-refractivity contribution in [3.8, 4) is 0 Å². The molecule has 2 aliphatic carbocycles. The van der Waals surface area contributed by atoms with Crippen LogP contribution in [-0.4, -0.2) is 23.0 Å². The molecule has 6 heteroatoms. The van der Waals surface area contributed by atoms with Gasteiger partial charge in [0.15, 0.2) is 0 Å². The lowest BCUT2D eigenvalue weighted by molar-refractivity contribution is -0.143. The molecule has 130 valence electrons. The van der Waals surface area contributed by atoms with E-state index in [1.54, 1.807) is 0 Å². The lowest BCUT2D eigenvalue weighted by Crippen LogP contribution is -2.43. The second-order valence-corrected chi connectivity index (χ2v) is 6.81. The lowest BCUT2D eigenvalue weighted by Gasteiger charge is -2.23. The van der Waals surface area contributed by atoms with Gasteiger partial charge in [0, 0.05) is 18.0 Å². The van der Waals surface area contributed by atoms with Gasteiger partial charge in [-0.3, -0.25) is 9.59 Å². The van der Waals surface area contributed by atoms with Crippen molar-refractivity contribution < 1.29 is 23.5 Å². The summed E-state index contributed by atoms with van der Waals surface area (Å²) in [6.45, 7) is 0. The van der Waals surface area contributed by atoms with Gasteiger partial charge < -0.3 is 10.4 Å². The van der Waals surface area contributed by atoms with Gasteiger partial charge in [-0.1, -0.05) is 25.3 Å². The predicted octanol–water partition coefficient (Wildman–Crippen LogP) is 3.22. The third-order valence-electron chi connectivity index (χ3n) is 5.15. The standard InChI is InChI=1S/C18H21F2NO3/c19-10-6-7-11(15(20)8-10)13-9-14(13)17(22)21-16-5-3-1-2-4-12(16)18(23)24/h6-8,12-14,16H,1-5,9H2,(H,21,22)(H,23,24)/t12-,13?,14?,16+/m1/s1. The average molecular weight is 337 g/mol. The highest BCUT2D eigenvalue weighted by molar-refractivity contribution is 5.84. The molecule has 2 N–H and O–H groups in total. The molecule has 0 radical (unpaired) electrons. The highest BCUT2D eigenvalue weighted by atomic mass is 19.1. The third kappa shape index (κ3) is 3.57. The number of carboxylic acid groups (broad SMARTS) is 1. The highest BCUT2D eigenvalue weighted by Crippen LogP contribution is 2.48. The molecule has 0 aromatic heterocycles. The van der Waals surface area contributed by atoms with Gasteiger partial charge in [0.25, 0.3) is 0 Å². The molecule has 24 heavy (non-hydrogen) atoms. The number of hydrogen-bond acceptors (Lipinski definition) is 2. The van der Waals surface area contributed by atoms with E-state index >= 15 is 0 Å². The Morgan fingerprint density at radius 1 is 1.08 bits per heavy atom. The van der Waals surface area contributed by atoms with Gasteiger partial charge in [-0.25, -0.2) is 8.78 Å². The normalized spacial score (nSPS) is 29.6. The average Bonchev–Trinajstić information content (AvgIpc) is 3.30. The Hall–Kier alpha value is -1.98.